The number of hydrogen-bond donors (Lipinski definition) is 3. The molecule has 164 valence electrons. The van der Waals surface area contributed by atoms with Crippen LogP contribution >= 0.6 is 11.8 Å². The van der Waals surface area contributed by atoms with Crippen LogP contribution in [0.3, 0.4) is 0 Å². The minimum Gasteiger partial charge on any atom is -0.394 e. The lowest BCUT2D eigenvalue weighted by Gasteiger charge is -2.20. The number of anilines is 3. The highest BCUT2D eigenvalue weighted by Gasteiger charge is 2.29. The summed E-state index contributed by atoms with van der Waals surface area (Å²) in [6.45, 7) is 3.82. The quantitative estimate of drug-likeness (QED) is 0.401. The highest BCUT2D eigenvalue weighted by molar-refractivity contribution is 8.00. The highest BCUT2D eigenvalue weighted by atomic mass is 32.2. The van der Waals surface area contributed by atoms with Gasteiger partial charge in [-0.2, -0.15) is 18.2 Å². The Labute approximate surface area is 182 Å². The van der Waals surface area contributed by atoms with Gasteiger partial charge in [-0.05, 0) is 48.0 Å². The number of aliphatic hydroxyl groups excluding tert-OH is 1. The van der Waals surface area contributed by atoms with E-state index in [-0.39, 0.29) is 41.2 Å². The molecule has 2 aromatic heterocycles. The molecule has 3 rings (SSSR count). The normalized spacial score (nSPS) is 12.6. The van der Waals surface area contributed by atoms with Gasteiger partial charge < -0.3 is 15.7 Å². The van der Waals surface area contributed by atoms with E-state index < -0.39 is 5.51 Å². The number of pyridine rings is 1. The van der Waals surface area contributed by atoms with Crippen LogP contribution in [0, 0.1) is 5.92 Å². The van der Waals surface area contributed by atoms with Gasteiger partial charge in [0.2, 0.25) is 5.95 Å². The van der Waals surface area contributed by atoms with Crippen molar-refractivity contribution >= 4 is 29.2 Å². The lowest BCUT2D eigenvalue weighted by Crippen LogP contribution is -2.30. The van der Waals surface area contributed by atoms with E-state index >= 15 is 0 Å². The van der Waals surface area contributed by atoms with E-state index in [2.05, 4.69) is 25.6 Å². The predicted octanol–water partition coefficient (Wildman–Crippen LogP) is 5.32. The Kier molecular flexibility index (Phi) is 7.34. The van der Waals surface area contributed by atoms with Crippen LogP contribution in [0.2, 0.25) is 0 Å². The minimum absolute atomic E-state index is 0.0672. The summed E-state index contributed by atoms with van der Waals surface area (Å²) in [5.41, 5.74) is -2.58. The molecule has 0 saturated carbocycles. The van der Waals surface area contributed by atoms with E-state index in [4.69, 9.17) is 0 Å². The molecule has 0 saturated heterocycles. The molecule has 6 nitrogen and oxygen atoms in total. The lowest BCUT2D eigenvalue weighted by molar-refractivity contribution is -0.0328. The van der Waals surface area contributed by atoms with E-state index in [1.807, 2.05) is 19.9 Å². The third kappa shape index (κ3) is 6.83. The average molecular weight is 450 g/mol. The molecule has 0 spiro atoms. The molecule has 0 aliphatic rings. The number of nitrogens with zero attached hydrogens (tertiary/aromatic N) is 3. The Hall–Kier alpha value is -2.85. The van der Waals surface area contributed by atoms with Gasteiger partial charge in [0.25, 0.3) is 0 Å². The van der Waals surface area contributed by atoms with Gasteiger partial charge in [0.15, 0.2) is 0 Å². The SMILES string of the molecule is CC(C)[C@H](CO)Nc1nc(Nc2cccc(SC(F)(F)F)c2)cc(-c2cccnc2)n1. The molecule has 3 aromatic rings. The van der Waals surface area contributed by atoms with E-state index in [1.165, 1.54) is 12.1 Å². The first-order chi connectivity index (χ1) is 14.7. The summed E-state index contributed by atoms with van der Waals surface area (Å²) in [4.78, 5) is 13.1. The van der Waals surface area contributed by atoms with Crippen LogP contribution in [0.4, 0.5) is 30.6 Å². The second-order valence-electron chi connectivity index (χ2n) is 7.08. The second-order valence-corrected chi connectivity index (χ2v) is 8.22. The van der Waals surface area contributed by atoms with E-state index in [9.17, 15) is 18.3 Å². The maximum atomic E-state index is 12.7. The molecule has 0 fully saturated rings. The van der Waals surface area contributed by atoms with Crippen molar-refractivity contribution in [3.63, 3.8) is 0 Å². The van der Waals surface area contributed by atoms with Gasteiger partial charge in [-0.3, -0.25) is 4.98 Å². The van der Waals surface area contributed by atoms with Crippen LogP contribution < -0.4 is 10.6 Å². The summed E-state index contributed by atoms with van der Waals surface area (Å²) in [5.74, 6) is 0.812. The molecule has 10 heteroatoms. The molecule has 0 bridgehead atoms. The number of benzene rings is 1. The zero-order valence-electron chi connectivity index (χ0n) is 16.9. The summed E-state index contributed by atoms with van der Waals surface area (Å²) in [6, 6.07) is 11.0. The van der Waals surface area contributed by atoms with Crippen molar-refractivity contribution in [2.75, 3.05) is 17.2 Å². The maximum absolute atomic E-state index is 12.7. The fourth-order valence-corrected chi connectivity index (χ4v) is 3.35. The zero-order chi connectivity index (χ0) is 22.4. The van der Waals surface area contributed by atoms with Gasteiger partial charge in [-0.1, -0.05) is 19.9 Å². The predicted molar refractivity (Wildman–Crippen MR) is 116 cm³/mol. The molecule has 31 heavy (non-hydrogen) atoms. The van der Waals surface area contributed by atoms with Crippen molar-refractivity contribution in [3.8, 4) is 11.3 Å². The highest BCUT2D eigenvalue weighted by Crippen LogP contribution is 2.38. The first-order valence-electron chi connectivity index (χ1n) is 9.53. The maximum Gasteiger partial charge on any atom is 0.446 e. The minimum atomic E-state index is -4.37. The summed E-state index contributed by atoms with van der Waals surface area (Å²) < 4.78 is 38.1. The summed E-state index contributed by atoms with van der Waals surface area (Å²) in [5, 5.41) is 15.8. The topological polar surface area (TPSA) is 83.0 Å². The number of hydrogen-bond acceptors (Lipinski definition) is 7. The molecule has 0 unspecified atom stereocenters. The monoisotopic (exact) mass is 449 g/mol. The van der Waals surface area contributed by atoms with Crippen molar-refractivity contribution in [2.24, 2.45) is 5.92 Å². The third-order valence-corrected chi connectivity index (χ3v) is 5.06. The lowest BCUT2D eigenvalue weighted by atomic mass is 10.1. The number of alkyl halides is 3. The van der Waals surface area contributed by atoms with Gasteiger partial charge in [-0.15, -0.1) is 0 Å². The number of nitrogens with one attached hydrogen (secondary N) is 2. The Morgan fingerprint density at radius 1 is 1.10 bits per heavy atom. The first kappa shape index (κ1) is 22.8. The summed E-state index contributed by atoms with van der Waals surface area (Å²) in [6.07, 6.45) is 3.30. The van der Waals surface area contributed by atoms with Crippen LogP contribution in [0.5, 0.6) is 0 Å². The third-order valence-electron chi connectivity index (χ3n) is 4.34. The van der Waals surface area contributed by atoms with Crippen LogP contribution in [0.1, 0.15) is 13.8 Å². The van der Waals surface area contributed by atoms with Crippen LogP contribution in [-0.2, 0) is 0 Å². The molecular formula is C21H22F3N5OS. The van der Waals surface area contributed by atoms with Crippen LogP contribution in [-0.4, -0.2) is 38.2 Å². The molecule has 0 amide bonds. The molecular weight excluding hydrogens is 427 g/mol. The van der Waals surface area contributed by atoms with E-state index in [1.54, 1.807) is 36.7 Å². The van der Waals surface area contributed by atoms with Gasteiger partial charge in [0.05, 0.1) is 18.3 Å². The molecule has 2 heterocycles. The van der Waals surface area contributed by atoms with Crippen molar-refractivity contribution in [3.05, 3.63) is 54.9 Å². The number of aromatic nitrogens is 3. The summed E-state index contributed by atoms with van der Waals surface area (Å²) >= 11 is -0.178. The van der Waals surface area contributed by atoms with Crippen molar-refractivity contribution < 1.29 is 18.3 Å². The Balaban J connectivity index is 1.93. The Morgan fingerprint density at radius 2 is 1.90 bits per heavy atom. The Bertz CT molecular complexity index is 1000. The van der Waals surface area contributed by atoms with Crippen molar-refractivity contribution in [1.29, 1.82) is 0 Å². The first-order valence-corrected chi connectivity index (χ1v) is 10.3. The molecule has 1 aromatic carbocycles. The fourth-order valence-electron chi connectivity index (χ4n) is 2.75. The van der Waals surface area contributed by atoms with E-state index in [0.29, 0.717) is 17.2 Å². The summed E-state index contributed by atoms with van der Waals surface area (Å²) in [7, 11) is 0. The number of rotatable bonds is 8. The van der Waals surface area contributed by atoms with Gasteiger partial charge in [0, 0.05) is 34.6 Å². The molecule has 0 radical (unpaired) electrons. The zero-order valence-corrected chi connectivity index (χ0v) is 17.7. The number of thioether (sulfide) groups is 1. The number of aliphatic hydroxyl groups is 1. The van der Waals surface area contributed by atoms with Gasteiger partial charge in [-0.25, -0.2) is 4.98 Å². The molecule has 1 atom stereocenters. The van der Waals surface area contributed by atoms with Crippen LogP contribution in [0.15, 0.2) is 59.8 Å². The Morgan fingerprint density at radius 3 is 2.55 bits per heavy atom. The molecule has 3 N–H and O–H groups in total. The molecule has 0 aliphatic carbocycles. The van der Waals surface area contributed by atoms with Crippen molar-refractivity contribution in [2.45, 2.75) is 30.3 Å². The average Bonchev–Trinajstić information content (AvgIpc) is 2.71. The van der Waals surface area contributed by atoms with Gasteiger partial charge >= 0.3 is 5.51 Å². The van der Waals surface area contributed by atoms with Crippen LogP contribution in [0.25, 0.3) is 11.3 Å². The largest absolute Gasteiger partial charge is 0.446 e. The second kappa shape index (κ2) is 9.97. The standard InChI is InChI=1S/C21H22F3N5OS/c1-13(2)18(12-30)28-20-27-17(14-5-4-8-25-11-14)10-19(29-20)26-15-6-3-7-16(9-15)31-21(22,23)24/h3-11,13,18,30H,12H2,1-2H3,(H2,26,27,28,29)/t18-/m0/s1. The fraction of sp³-hybridized carbons (Fsp3) is 0.286. The van der Waals surface area contributed by atoms with Gasteiger partial charge in [0.1, 0.15) is 5.82 Å². The van der Waals surface area contributed by atoms with Crippen molar-refractivity contribution in [1.82, 2.24) is 15.0 Å². The number of halogens is 3. The molecule has 0 aliphatic heterocycles. The van der Waals surface area contributed by atoms with E-state index in [0.717, 1.165) is 5.56 Å². The smallest absolute Gasteiger partial charge is 0.394 e.